The molecular formula is C15H20N2. The average Bonchev–Trinajstić information content (AvgIpc) is 2.25. The van der Waals surface area contributed by atoms with Crippen LogP contribution in [0.25, 0.3) is 0 Å². The van der Waals surface area contributed by atoms with Crippen LogP contribution >= 0.6 is 0 Å². The minimum atomic E-state index is 0.188. The zero-order valence-electron chi connectivity index (χ0n) is 11.3. The maximum absolute atomic E-state index is 9.11. The van der Waals surface area contributed by atoms with Crippen molar-refractivity contribution in [1.82, 2.24) is 0 Å². The molecule has 1 heterocycles. The second kappa shape index (κ2) is 3.77. The van der Waals surface area contributed by atoms with E-state index in [-0.39, 0.29) is 5.54 Å². The lowest BCUT2D eigenvalue weighted by Gasteiger charge is -2.45. The van der Waals surface area contributed by atoms with E-state index in [1.807, 2.05) is 6.92 Å². The molecule has 1 aliphatic heterocycles. The van der Waals surface area contributed by atoms with Gasteiger partial charge in [0, 0.05) is 18.3 Å². The van der Waals surface area contributed by atoms with Crippen LogP contribution < -0.4 is 4.90 Å². The van der Waals surface area contributed by atoms with Gasteiger partial charge in [0.25, 0.3) is 0 Å². The highest BCUT2D eigenvalue weighted by molar-refractivity contribution is 5.63. The Morgan fingerprint density at radius 1 is 1.41 bits per heavy atom. The van der Waals surface area contributed by atoms with E-state index >= 15 is 0 Å². The van der Waals surface area contributed by atoms with Gasteiger partial charge in [-0.1, -0.05) is 6.92 Å². The van der Waals surface area contributed by atoms with Crippen LogP contribution in [0.1, 0.15) is 49.8 Å². The molecule has 17 heavy (non-hydrogen) atoms. The predicted molar refractivity (Wildman–Crippen MR) is 71.4 cm³/mol. The molecule has 0 spiro atoms. The Morgan fingerprint density at radius 2 is 2.06 bits per heavy atom. The van der Waals surface area contributed by atoms with E-state index in [9.17, 15) is 0 Å². The molecule has 0 bridgehead atoms. The number of rotatable bonds is 0. The third-order valence-corrected chi connectivity index (χ3v) is 4.10. The lowest BCUT2D eigenvalue weighted by Crippen LogP contribution is -2.45. The summed E-state index contributed by atoms with van der Waals surface area (Å²) < 4.78 is 0. The summed E-state index contributed by atoms with van der Waals surface area (Å²) in [7, 11) is 2.15. The fourth-order valence-electron chi connectivity index (χ4n) is 2.84. The summed E-state index contributed by atoms with van der Waals surface area (Å²) in [4.78, 5) is 2.34. The molecule has 0 aliphatic carbocycles. The summed E-state index contributed by atoms with van der Waals surface area (Å²) in [6, 6.07) is 6.51. The Kier molecular flexibility index (Phi) is 2.66. The SMILES string of the molecule is Cc1cc2c(cc1C#N)[C@H](C)CC(C)(C)N2C. The van der Waals surface area contributed by atoms with Crippen molar-refractivity contribution in [3.05, 3.63) is 28.8 Å². The van der Waals surface area contributed by atoms with Crippen molar-refractivity contribution in [2.75, 3.05) is 11.9 Å². The molecule has 0 aromatic heterocycles. The number of nitrogens with zero attached hydrogens (tertiary/aromatic N) is 2. The first-order chi connectivity index (χ1) is 7.86. The second-order valence-electron chi connectivity index (χ2n) is 5.81. The Labute approximate surface area is 104 Å². The van der Waals surface area contributed by atoms with Crippen LogP contribution in [0, 0.1) is 18.3 Å². The van der Waals surface area contributed by atoms with Crippen LogP contribution in [0.5, 0.6) is 0 Å². The van der Waals surface area contributed by atoms with E-state index in [1.165, 1.54) is 11.3 Å². The zero-order valence-corrected chi connectivity index (χ0v) is 11.3. The van der Waals surface area contributed by atoms with E-state index in [2.05, 4.69) is 50.9 Å². The van der Waals surface area contributed by atoms with E-state index in [0.717, 1.165) is 17.5 Å². The molecule has 2 rings (SSSR count). The van der Waals surface area contributed by atoms with E-state index in [0.29, 0.717) is 5.92 Å². The number of benzene rings is 1. The lowest BCUT2D eigenvalue weighted by molar-refractivity contribution is 0.395. The zero-order chi connectivity index (χ0) is 12.8. The molecule has 2 nitrogen and oxygen atoms in total. The first kappa shape index (κ1) is 12.0. The molecule has 0 amide bonds. The van der Waals surface area contributed by atoms with Crippen LogP contribution in [0.3, 0.4) is 0 Å². The standard InChI is InChI=1S/C15H20N2/c1-10-6-14-13(7-12(10)9-16)11(2)8-15(3,4)17(14)5/h6-7,11H,8H2,1-5H3/t11-/m1/s1. The van der Waals surface area contributed by atoms with Gasteiger partial charge in [-0.15, -0.1) is 0 Å². The molecule has 0 N–H and O–H groups in total. The van der Waals surface area contributed by atoms with Crippen LogP contribution in [0.15, 0.2) is 12.1 Å². The highest BCUT2D eigenvalue weighted by atomic mass is 15.2. The first-order valence-electron chi connectivity index (χ1n) is 6.15. The number of anilines is 1. The van der Waals surface area contributed by atoms with Gasteiger partial charge < -0.3 is 4.90 Å². The van der Waals surface area contributed by atoms with Crippen molar-refractivity contribution in [2.24, 2.45) is 0 Å². The third kappa shape index (κ3) is 1.80. The van der Waals surface area contributed by atoms with Gasteiger partial charge in [0.1, 0.15) is 0 Å². The predicted octanol–water partition coefficient (Wildman–Crippen LogP) is 3.59. The minimum Gasteiger partial charge on any atom is -0.369 e. The van der Waals surface area contributed by atoms with Crippen LogP contribution in [-0.4, -0.2) is 12.6 Å². The Hall–Kier alpha value is -1.49. The van der Waals surface area contributed by atoms with Crippen LogP contribution in [0.4, 0.5) is 5.69 Å². The summed E-state index contributed by atoms with van der Waals surface area (Å²) in [5.41, 5.74) is 4.67. The number of fused-ring (bicyclic) bond motifs is 1. The fraction of sp³-hybridized carbons (Fsp3) is 0.533. The van der Waals surface area contributed by atoms with Crippen LogP contribution in [0.2, 0.25) is 0 Å². The highest BCUT2D eigenvalue weighted by Gasteiger charge is 2.34. The molecule has 90 valence electrons. The van der Waals surface area contributed by atoms with Crippen molar-refractivity contribution in [1.29, 1.82) is 5.26 Å². The lowest BCUT2D eigenvalue weighted by atomic mass is 9.79. The van der Waals surface area contributed by atoms with Gasteiger partial charge in [-0.3, -0.25) is 0 Å². The maximum Gasteiger partial charge on any atom is 0.0994 e. The quantitative estimate of drug-likeness (QED) is 0.678. The van der Waals surface area contributed by atoms with Gasteiger partial charge in [-0.05, 0) is 56.4 Å². The molecule has 0 saturated carbocycles. The molecule has 0 unspecified atom stereocenters. The Balaban J connectivity index is 2.63. The number of hydrogen-bond donors (Lipinski definition) is 0. The van der Waals surface area contributed by atoms with Gasteiger partial charge in [0.05, 0.1) is 11.6 Å². The molecule has 0 fully saturated rings. The summed E-state index contributed by atoms with van der Waals surface area (Å²) in [5.74, 6) is 0.518. The molecule has 1 aromatic rings. The molecule has 0 saturated heterocycles. The first-order valence-corrected chi connectivity index (χ1v) is 6.15. The van der Waals surface area contributed by atoms with E-state index in [1.54, 1.807) is 0 Å². The van der Waals surface area contributed by atoms with Crippen molar-refractivity contribution in [3.63, 3.8) is 0 Å². The van der Waals surface area contributed by atoms with Crippen molar-refractivity contribution >= 4 is 5.69 Å². The second-order valence-corrected chi connectivity index (χ2v) is 5.81. The summed E-state index contributed by atoms with van der Waals surface area (Å²) in [5, 5.41) is 9.11. The summed E-state index contributed by atoms with van der Waals surface area (Å²) in [6.45, 7) is 8.82. The normalized spacial score (nSPS) is 21.9. The molecule has 2 heteroatoms. The molecule has 1 aliphatic rings. The number of aryl methyl sites for hydroxylation is 1. The van der Waals surface area contributed by atoms with Gasteiger partial charge in [-0.25, -0.2) is 0 Å². The Morgan fingerprint density at radius 3 is 2.65 bits per heavy atom. The molecule has 1 aromatic carbocycles. The molecular weight excluding hydrogens is 208 g/mol. The van der Waals surface area contributed by atoms with Gasteiger partial charge in [0.15, 0.2) is 0 Å². The van der Waals surface area contributed by atoms with Gasteiger partial charge in [0.2, 0.25) is 0 Å². The summed E-state index contributed by atoms with van der Waals surface area (Å²) >= 11 is 0. The monoisotopic (exact) mass is 228 g/mol. The highest BCUT2D eigenvalue weighted by Crippen LogP contribution is 2.43. The molecule has 0 radical (unpaired) electrons. The number of nitriles is 1. The minimum absolute atomic E-state index is 0.188. The van der Waals surface area contributed by atoms with E-state index < -0.39 is 0 Å². The topological polar surface area (TPSA) is 27.0 Å². The van der Waals surface area contributed by atoms with Crippen molar-refractivity contribution in [3.8, 4) is 6.07 Å². The smallest absolute Gasteiger partial charge is 0.0994 e. The third-order valence-electron chi connectivity index (χ3n) is 4.10. The van der Waals surface area contributed by atoms with Gasteiger partial charge in [-0.2, -0.15) is 5.26 Å². The average molecular weight is 228 g/mol. The molecule has 1 atom stereocenters. The van der Waals surface area contributed by atoms with Crippen molar-refractivity contribution in [2.45, 2.75) is 45.6 Å². The Bertz CT molecular complexity index is 494. The number of hydrogen-bond acceptors (Lipinski definition) is 2. The van der Waals surface area contributed by atoms with Crippen molar-refractivity contribution < 1.29 is 0 Å². The largest absolute Gasteiger partial charge is 0.369 e. The summed E-state index contributed by atoms with van der Waals surface area (Å²) in [6.07, 6.45) is 1.13. The maximum atomic E-state index is 9.11. The van der Waals surface area contributed by atoms with E-state index in [4.69, 9.17) is 5.26 Å². The van der Waals surface area contributed by atoms with Gasteiger partial charge >= 0.3 is 0 Å². The fourth-order valence-corrected chi connectivity index (χ4v) is 2.84. The van der Waals surface area contributed by atoms with Crippen LogP contribution in [-0.2, 0) is 0 Å².